The quantitative estimate of drug-likeness (QED) is 0.123. The zero-order valence-electron chi connectivity index (χ0n) is 28.1. The minimum Gasteiger partial charge on any atom is -0.468 e. The first kappa shape index (κ1) is 34.8. The molecule has 0 spiro atoms. The van der Waals surface area contributed by atoms with Crippen molar-refractivity contribution >= 4 is 35.3 Å². The molecule has 0 bridgehead atoms. The molecule has 0 saturated carbocycles. The highest BCUT2D eigenvalue weighted by molar-refractivity contribution is 7.98. The Morgan fingerprint density at radius 1 is 0.979 bits per heavy atom. The molecule has 0 radical (unpaired) electrons. The van der Waals surface area contributed by atoms with Crippen molar-refractivity contribution in [3.8, 4) is 11.1 Å². The predicted molar refractivity (Wildman–Crippen MR) is 192 cm³/mol. The largest absolute Gasteiger partial charge is 0.468 e. The Morgan fingerprint density at radius 3 is 2.50 bits per heavy atom. The Kier molecular flexibility index (Phi) is 11.6. The van der Waals surface area contributed by atoms with E-state index < -0.39 is 11.6 Å². The monoisotopic (exact) mass is 667 g/mol. The number of thioether (sulfide) groups is 1. The van der Waals surface area contributed by atoms with Gasteiger partial charge < -0.3 is 30.6 Å². The van der Waals surface area contributed by atoms with E-state index in [1.807, 2.05) is 92.6 Å². The van der Waals surface area contributed by atoms with E-state index in [9.17, 15) is 14.4 Å². The van der Waals surface area contributed by atoms with E-state index in [4.69, 9.17) is 4.42 Å². The van der Waals surface area contributed by atoms with E-state index >= 15 is 0 Å². The molecule has 1 atom stereocenters. The lowest BCUT2D eigenvalue weighted by atomic mass is 9.98. The number of aryl methyl sites for hydroxylation is 1. The van der Waals surface area contributed by atoms with Gasteiger partial charge in [0.25, 0.3) is 0 Å². The Hall–Kier alpha value is -4.54. The zero-order valence-corrected chi connectivity index (χ0v) is 28.9. The fourth-order valence-corrected chi connectivity index (χ4v) is 6.42. The number of nitrogens with zero attached hydrogens (tertiary/aromatic N) is 1. The lowest BCUT2D eigenvalue weighted by Gasteiger charge is -2.29. The number of anilines is 1. The molecule has 48 heavy (non-hydrogen) atoms. The molecule has 1 aliphatic rings. The highest BCUT2D eigenvalue weighted by Gasteiger charge is 2.33. The van der Waals surface area contributed by atoms with E-state index in [0.29, 0.717) is 39.0 Å². The molecule has 2 heterocycles. The summed E-state index contributed by atoms with van der Waals surface area (Å²) in [6, 6.07) is 25.3. The molecule has 9 nitrogen and oxygen atoms in total. The number of urea groups is 1. The second-order valence-electron chi connectivity index (χ2n) is 12.6. The summed E-state index contributed by atoms with van der Waals surface area (Å²) in [5.41, 5.74) is 5.51. The normalized spacial score (nSPS) is 14.6. The van der Waals surface area contributed by atoms with Crippen LogP contribution < -0.4 is 26.2 Å². The molecule has 0 aliphatic carbocycles. The van der Waals surface area contributed by atoms with Crippen LogP contribution in [-0.2, 0) is 35.6 Å². The average molecular weight is 668 g/mol. The number of carbonyl (C=O) groups is 3. The lowest BCUT2D eigenvalue weighted by Crippen LogP contribution is -2.50. The van der Waals surface area contributed by atoms with Crippen LogP contribution in [0, 0.1) is 0 Å². The van der Waals surface area contributed by atoms with Crippen molar-refractivity contribution in [2.24, 2.45) is 0 Å². The van der Waals surface area contributed by atoms with Gasteiger partial charge in [-0.25, -0.2) is 4.79 Å². The minimum absolute atomic E-state index is 0.119. The third kappa shape index (κ3) is 9.08. The molecule has 0 fully saturated rings. The Morgan fingerprint density at radius 2 is 1.77 bits per heavy atom. The zero-order chi connectivity index (χ0) is 34.1. The van der Waals surface area contributed by atoms with Gasteiger partial charge >= 0.3 is 6.03 Å². The molecule has 4 N–H and O–H groups in total. The van der Waals surface area contributed by atoms with E-state index in [1.165, 1.54) is 0 Å². The molecule has 1 aliphatic heterocycles. The first-order valence-corrected chi connectivity index (χ1v) is 17.6. The molecule has 10 heteroatoms. The van der Waals surface area contributed by atoms with E-state index in [1.54, 1.807) is 18.0 Å². The Bertz CT molecular complexity index is 1700. The number of hydrogen-bond donors (Lipinski definition) is 4. The summed E-state index contributed by atoms with van der Waals surface area (Å²) >= 11 is 1.67. The summed E-state index contributed by atoms with van der Waals surface area (Å²) in [5.74, 6) is 0.503. The van der Waals surface area contributed by atoms with Crippen molar-refractivity contribution in [3.05, 3.63) is 108 Å². The van der Waals surface area contributed by atoms with Gasteiger partial charge in [-0.3, -0.25) is 9.59 Å². The van der Waals surface area contributed by atoms with Gasteiger partial charge in [-0.05, 0) is 98.0 Å². The molecular formula is C38H45N5O4S. The lowest BCUT2D eigenvalue weighted by molar-refractivity contribution is -0.128. The minimum atomic E-state index is -0.646. The SMILES string of the molecule is CCNC(=O)NCc1ccccc1-c1ccc(CN2C(=O)[C@H](NC(=O)CC(C)(C)NCc3ccco3)CCc3cc(SC)ccc32)cc1. The smallest absolute Gasteiger partial charge is 0.315 e. The fourth-order valence-electron chi connectivity index (χ4n) is 5.96. The van der Waals surface area contributed by atoms with Gasteiger partial charge in [-0.15, -0.1) is 11.8 Å². The van der Waals surface area contributed by atoms with Crippen LogP contribution in [0.4, 0.5) is 10.5 Å². The molecule has 0 saturated heterocycles. The highest BCUT2D eigenvalue weighted by Crippen LogP contribution is 2.33. The van der Waals surface area contributed by atoms with Crippen molar-refractivity contribution in [1.29, 1.82) is 0 Å². The topological polar surface area (TPSA) is 116 Å². The summed E-state index contributed by atoms with van der Waals surface area (Å²) in [4.78, 5) is 42.5. The van der Waals surface area contributed by atoms with Crippen LogP contribution in [0.5, 0.6) is 0 Å². The van der Waals surface area contributed by atoms with Crippen molar-refractivity contribution in [2.45, 2.75) is 76.1 Å². The van der Waals surface area contributed by atoms with Gasteiger partial charge in [0.1, 0.15) is 11.8 Å². The summed E-state index contributed by atoms with van der Waals surface area (Å²) < 4.78 is 5.42. The van der Waals surface area contributed by atoms with Crippen LogP contribution in [0.1, 0.15) is 56.1 Å². The number of hydrogen-bond acceptors (Lipinski definition) is 6. The average Bonchev–Trinajstić information content (AvgIpc) is 3.57. The van der Waals surface area contributed by atoms with Crippen LogP contribution in [0.15, 0.2) is 94.4 Å². The van der Waals surface area contributed by atoms with Gasteiger partial charge in [0.2, 0.25) is 11.8 Å². The Balaban J connectivity index is 1.32. The number of fused-ring (bicyclic) bond motifs is 1. The first-order chi connectivity index (χ1) is 23.2. The predicted octanol–water partition coefficient (Wildman–Crippen LogP) is 6.41. The molecule has 5 rings (SSSR count). The van der Waals surface area contributed by atoms with E-state index in [-0.39, 0.29) is 24.3 Å². The number of carbonyl (C=O) groups excluding carboxylic acids is 3. The van der Waals surface area contributed by atoms with Gasteiger partial charge in [0.15, 0.2) is 0 Å². The van der Waals surface area contributed by atoms with E-state index in [2.05, 4.69) is 39.5 Å². The maximum atomic E-state index is 14.2. The summed E-state index contributed by atoms with van der Waals surface area (Å²) in [6.07, 6.45) is 5.08. The fraction of sp³-hybridized carbons (Fsp3) is 0.342. The van der Waals surface area contributed by atoms with Gasteiger partial charge in [-0.1, -0.05) is 48.5 Å². The summed E-state index contributed by atoms with van der Waals surface area (Å²) in [7, 11) is 0. The third-order valence-electron chi connectivity index (χ3n) is 8.50. The maximum Gasteiger partial charge on any atom is 0.315 e. The molecule has 3 aromatic carbocycles. The van der Waals surface area contributed by atoms with Gasteiger partial charge in [0, 0.05) is 35.6 Å². The van der Waals surface area contributed by atoms with Crippen LogP contribution in [0.2, 0.25) is 0 Å². The van der Waals surface area contributed by atoms with Crippen LogP contribution in [0.3, 0.4) is 0 Å². The molecular weight excluding hydrogens is 623 g/mol. The molecule has 0 unspecified atom stereocenters. The molecule has 1 aromatic heterocycles. The van der Waals surface area contributed by atoms with Gasteiger partial charge in [0.05, 0.1) is 19.4 Å². The van der Waals surface area contributed by atoms with E-state index in [0.717, 1.165) is 44.2 Å². The molecule has 4 amide bonds. The second-order valence-corrected chi connectivity index (χ2v) is 13.5. The number of rotatable bonds is 13. The van der Waals surface area contributed by atoms with Crippen molar-refractivity contribution < 1.29 is 18.8 Å². The molecule has 4 aromatic rings. The van der Waals surface area contributed by atoms with Gasteiger partial charge in [-0.2, -0.15) is 0 Å². The summed E-state index contributed by atoms with van der Waals surface area (Å²) in [5, 5.41) is 12.1. The standard InChI is InChI=1S/C38H45N5O4S/c1-5-39-37(46)40-23-29-9-6-7-11-32(29)27-14-12-26(13-15-27)25-43-34-19-17-31(48-4)21-28(34)16-18-33(36(43)45)42-35(44)22-38(2,3)41-24-30-10-8-20-47-30/h6-15,17,19-21,33,41H,5,16,18,22-25H2,1-4H3,(H,42,44)(H2,39,40,46)/t33-/m1/s1. The van der Waals surface area contributed by atoms with Crippen molar-refractivity contribution in [3.63, 3.8) is 0 Å². The van der Waals surface area contributed by atoms with Crippen LogP contribution in [-0.4, -0.2) is 42.2 Å². The number of benzene rings is 3. The van der Waals surface area contributed by atoms with Crippen LogP contribution in [0.25, 0.3) is 11.1 Å². The third-order valence-corrected chi connectivity index (χ3v) is 9.23. The number of amides is 4. The van der Waals surface area contributed by atoms with Crippen molar-refractivity contribution in [1.82, 2.24) is 21.3 Å². The number of nitrogens with one attached hydrogen (secondary N) is 4. The summed E-state index contributed by atoms with van der Waals surface area (Å²) in [6.45, 7) is 7.67. The maximum absolute atomic E-state index is 14.2. The number of furan rings is 1. The van der Waals surface area contributed by atoms with Crippen molar-refractivity contribution in [2.75, 3.05) is 17.7 Å². The first-order valence-electron chi connectivity index (χ1n) is 16.4. The second kappa shape index (κ2) is 16.0. The van der Waals surface area contributed by atoms with Crippen LogP contribution >= 0.6 is 11.8 Å². The molecule has 252 valence electrons. The highest BCUT2D eigenvalue weighted by atomic mass is 32.2. The Labute approximate surface area is 287 Å².